The van der Waals surface area contributed by atoms with Gasteiger partial charge in [-0.1, -0.05) is 6.92 Å². The molecule has 4 heteroatoms. The molecule has 1 unspecified atom stereocenters. The van der Waals surface area contributed by atoms with Gasteiger partial charge in [0.05, 0.1) is 0 Å². The van der Waals surface area contributed by atoms with E-state index >= 15 is 0 Å². The second-order valence-corrected chi connectivity index (χ2v) is 4.75. The smallest absolute Gasteiger partial charge is 0.231 e. The first-order valence-electron chi connectivity index (χ1n) is 6.48. The third-order valence-electron chi connectivity index (χ3n) is 3.37. The van der Waals surface area contributed by atoms with Crippen LogP contribution in [0.15, 0.2) is 34.7 Å². The minimum absolute atomic E-state index is 0.287. The summed E-state index contributed by atoms with van der Waals surface area (Å²) in [6, 6.07) is 9.82. The number of hydrogen-bond donors (Lipinski definition) is 1. The third-order valence-corrected chi connectivity index (χ3v) is 3.37. The predicted octanol–water partition coefficient (Wildman–Crippen LogP) is 3.13. The third kappa shape index (κ3) is 2.31. The predicted molar refractivity (Wildman–Crippen MR) is 72.4 cm³/mol. The summed E-state index contributed by atoms with van der Waals surface area (Å²) in [6.07, 6.45) is 0.925. The lowest BCUT2D eigenvalue weighted by molar-refractivity contribution is 0.174. The molecular weight excluding hydrogens is 242 g/mol. The zero-order valence-corrected chi connectivity index (χ0v) is 10.9. The van der Waals surface area contributed by atoms with Crippen molar-refractivity contribution in [3.05, 3.63) is 36.1 Å². The van der Waals surface area contributed by atoms with Crippen molar-refractivity contribution in [1.82, 2.24) is 0 Å². The monoisotopic (exact) mass is 259 g/mol. The van der Waals surface area contributed by atoms with E-state index in [0.717, 1.165) is 35.0 Å². The number of hydrogen-bond acceptors (Lipinski definition) is 4. The van der Waals surface area contributed by atoms with Gasteiger partial charge in [0, 0.05) is 11.5 Å². The van der Waals surface area contributed by atoms with E-state index < -0.39 is 0 Å². The van der Waals surface area contributed by atoms with Crippen molar-refractivity contribution in [3.63, 3.8) is 0 Å². The van der Waals surface area contributed by atoms with Gasteiger partial charge >= 0.3 is 0 Å². The Balaban J connectivity index is 1.86. The Morgan fingerprint density at radius 3 is 2.84 bits per heavy atom. The van der Waals surface area contributed by atoms with E-state index in [2.05, 4.69) is 6.92 Å². The van der Waals surface area contributed by atoms with Crippen molar-refractivity contribution >= 4 is 0 Å². The first kappa shape index (κ1) is 12.1. The van der Waals surface area contributed by atoms with E-state index in [-0.39, 0.29) is 6.79 Å². The molecule has 0 saturated heterocycles. The first-order chi connectivity index (χ1) is 9.28. The summed E-state index contributed by atoms with van der Waals surface area (Å²) in [5.74, 6) is 3.71. The highest BCUT2D eigenvalue weighted by atomic mass is 16.7. The summed E-state index contributed by atoms with van der Waals surface area (Å²) in [5, 5.41) is 0. The lowest BCUT2D eigenvalue weighted by Gasteiger charge is -2.06. The fourth-order valence-corrected chi connectivity index (χ4v) is 2.21. The maximum Gasteiger partial charge on any atom is 0.231 e. The van der Waals surface area contributed by atoms with Crippen LogP contribution in [0.3, 0.4) is 0 Å². The second-order valence-electron chi connectivity index (χ2n) is 4.75. The Morgan fingerprint density at radius 2 is 2.00 bits per heavy atom. The van der Waals surface area contributed by atoms with Crippen LogP contribution in [0, 0.1) is 0 Å². The van der Waals surface area contributed by atoms with Gasteiger partial charge in [-0.05, 0) is 43.3 Å². The van der Waals surface area contributed by atoms with Gasteiger partial charge in [0.15, 0.2) is 11.5 Å². The number of ether oxygens (including phenoxy) is 2. The van der Waals surface area contributed by atoms with Crippen LogP contribution in [0.5, 0.6) is 11.5 Å². The van der Waals surface area contributed by atoms with Crippen molar-refractivity contribution in [3.8, 4) is 22.8 Å². The maximum atomic E-state index is 5.89. The second kappa shape index (κ2) is 4.97. The number of nitrogens with two attached hydrogens (primary N) is 1. The molecule has 0 amide bonds. The molecule has 0 fully saturated rings. The summed E-state index contributed by atoms with van der Waals surface area (Å²) >= 11 is 0. The van der Waals surface area contributed by atoms with E-state index in [1.807, 2.05) is 30.3 Å². The standard InChI is InChI=1S/C15H17NO3/c1-10(6-7-16)12-4-5-13(19-12)11-2-3-14-15(8-11)18-9-17-14/h2-5,8,10H,6-7,9,16H2,1H3. The van der Waals surface area contributed by atoms with E-state index in [4.69, 9.17) is 19.6 Å². The highest BCUT2D eigenvalue weighted by Crippen LogP contribution is 2.37. The van der Waals surface area contributed by atoms with Gasteiger partial charge in [0.25, 0.3) is 0 Å². The van der Waals surface area contributed by atoms with Crippen molar-refractivity contribution in [2.75, 3.05) is 13.3 Å². The zero-order chi connectivity index (χ0) is 13.2. The van der Waals surface area contributed by atoms with Crippen LogP contribution in [-0.4, -0.2) is 13.3 Å². The Labute approximate surface area is 112 Å². The Kier molecular flexibility index (Phi) is 3.17. The summed E-state index contributed by atoms with van der Waals surface area (Å²) < 4.78 is 16.6. The van der Waals surface area contributed by atoms with Gasteiger partial charge in [-0.15, -0.1) is 0 Å². The normalized spacial score (nSPS) is 14.6. The van der Waals surface area contributed by atoms with Crippen LogP contribution in [0.2, 0.25) is 0 Å². The van der Waals surface area contributed by atoms with E-state index in [0.29, 0.717) is 12.5 Å². The van der Waals surface area contributed by atoms with Crippen LogP contribution in [0.4, 0.5) is 0 Å². The Morgan fingerprint density at radius 1 is 1.16 bits per heavy atom. The number of furan rings is 1. The number of rotatable bonds is 4. The minimum Gasteiger partial charge on any atom is -0.461 e. The molecule has 1 aliphatic rings. The highest BCUT2D eigenvalue weighted by molar-refractivity contribution is 5.63. The van der Waals surface area contributed by atoms with Gasteiger partial charge in [0.1, 0.15) is 11.5 Å². The molecule has 0 aliphatic carbocycles. The number of fused-ring (bicyclic) bond motifs is 1. The average Bonchev–Trinajstić information content (AvgIpc) is 3.07. The molecule has 0 bridgehead atoms. The fraction of sp³-hybridized carbons (Fsp3) is 0.333. The molecule has 0 saturated carbocycles. The highest BCUT2D eigenvalue weighted by Gasteiger charge is 2.16. The summed E-state index contributed by atoms with van der Waals surface area (Å²) in [6.45, 7) is 3.08. The Bertz CT molecular complexity index is 577. The van der Waals surface area contributed by atoms with Crippen molar-refractivity contribution < 1.29 is 13.9 Å². The summed E-state index contributed by atoms with van der Waals surface area (Å²) in [4.78, 5) is 0. The van der Waals surface area contributed by atoms with Gasteiger partial charge < -0.3 is 19.6 Å². The van der Waals surface area contributed by atoms with Crippen molar-refractivity contribution in [2.24, 2.45) is 5.73 Å². The molecule has 4 nitrogen and oxygen atoms in total. The fourth-order valence-electron chi connectivity index (χ4n) is 2.21. The van der Waals surface area contributed by atoms with E-state index in [1.165, 1.54) is 0 Å². The SMILES string of the molecule is CC(CCN)c1ccc(-c2ccc3c(c2)OCO3)o1. The van der Waals surface area contributed by atoms with Gasteiger partial charge in [-0.25, -0.2) is 0 Å². The molecule has 100 valence electrons. The largest absolute Gasteiger partial charge is 0.461 e. The molecule has 1 aromatic heterocycles. The molecule has 2 aromatic rings. The maximum absolute atomic E-state index is 5.89. The topological polar surface area (TPSA) is 57.6 Å². The van der Waals surface area contributed by atoms with Crippen LogP contribution < -0.4 is 15.2 Å². The van der Waals surface area contributed by atoms with Crippen LogP contribution in [0.25, 0.3) is 11.3 Å². The molecule has 2 N–H and O–H groups in total. The van der Waals surface area contributed by atoms with Crippen LogP contribution in [0.1, 0.15) is 25.0 Å². The van der Waals surface area contributed by atoms with Gasteiger partial charge in [-0.3, -0.25) is 0 Å². The van der Waals surface area contributed by atoms with Crippen LogP contribution in [-0.2, 0) is 0 Å². The Hall–Kier alpha value is -1.94. The molecular formula is C15H17NO3. The molecule has 3 rings (SSSR count). The molecule has 1 aliphatic heterocycles. The van der Waals surface area contributed by atoms with Crippen LogP contribution >= 0.6 is 0 Å². The minimum atomic E-state index is 0.287. The number of benzene rings is 1. The van der Waals surface area contributed by atoms with Crippen molar-refractivity contribution in [1.29, 1.82) is 0 Å². The zero-order valence-electron chi connectivity index (χ0n) is 10.9. The summed E-state index contributed by atoms with van der Waals surface area (Å²) in [7, 11) is 0. The lowest BCUT2D eigenvalue weighted by atomic mass is 10.1. The molecule has 19 heavy (non-hydrogen) atoms. The quantitative estimate of drug-likeness (QED) is 0.916. The molecule has 2 heterocycles. The van der Waals surface area contributed by atoms with Gasteiger partial charge in [0.2, 0.25) is 6.79 Å². The summed E-state index contributed by atoms with van der Waals surface area (Å²) in [5.41, 5.74) is 6.57. The molecule has 0 spiro atoms. The van der Waals surface area contributed by atoms with Gasteiger partial charge in [-0.2, -0.15) is 0 Å². The molecule has 1 atom stereocenters. The van der Waals surface area contributed by atoms with E-state index in [9.17, 15) is 0 Å². The lowest BCUT2D eigenvalue weighted by Crippen LogP contribution is -2.03. The average molecular weight is 259 g/mol. The molecule has 1 aromatic carbocycles. The van der Waals surface area contributed by atoms with Crippen molar-refractivity contribution in [2.45, 2.75) is 19.3 Å². The van der Waals surface area contributed by atoms with E-state index in [1.54, 1.807) is 0 Å². The molecule has 0 radical (unpaired) electrons. The first-order valence-corrected chi connectivity index (χ1v) is 6.48.